The van der Waals surface area contributed by atoms with Crippen LogP contribution in [0.1, 0.15) is 15.9 Å². The Morgan fingerprint density at radius 3 is 2.94 bits per heavy atom. The molecule has 1 amide bonds. The van der Waals surface area contributed by atoms with Crippen LogP contribution in [0.25, 0.3) is 0 Å². The van der Waals surface area contributed by atoms with E-state index in [9.17, 15) is 4.79 Å². The van der Waals surface area contributed by atoms with Crippen molar-refractivity contribution >= 4 is 5.91 Å². The lowest BCUT2D eigenvalue weighted by Gasteiger charge is -2.06. The predicted molar refractivity (Wildman–Crippen MR) is 66.7 cm³/mol. The standard InChI is InChI=1S/C13H13N3O2/c14-18-12-5-1-4-11(7-12)13(17)16-9-10-3-2-6-15-8-10/h1-8H,9,14H2,(H,16,17). The number of nitrogens with zero attached hydrogens (tertiary/aromatic N) is 1. The summed E-state index contributed by atoms with van der Waals surface area (Å²) in [7, 11) is 0. The first-order valence-corrected chi connectivity index (χ1v) is 5.43. The number of nitrogens with one attached hydrogen (secondary N) is 1. The Hall–Kier alpha value is -2.40. The third-order valence-electron chi connectivity index (χ3n) is 2.41. The molecule has 0 aliphatic carbocycles. The number of pyridine rings is 1. The number of benzene rings is 1. The highest BCUT2D eigenvalue weighted by Gasteiger charge is 2.06. The van der Waals surface area contributed by atoms with Crippen molar-refractivity contribution in [2.75, 3.05) is 0 Å². The van der Waals surface area contributed by atoms with Gasteiger partial charge in [0.25, 0.3) is 5.91 Å². The second-order valence-corrected chi connectivity index (χ2v) is 3.69. The molecule has 0 atom stereocenters. The molecule has 2 rings (SSSR count). The first kappa shape index (κ1) is 12.1. The molecular formula is C13H13N3O2. The fraction of sp³-hybridized carbons (Fsp3) is 0.0769. The van der Waals surface area contributed by atoms with E-state index in [1.165, 1.54) is 0 Å². The summed E-state index contributed by atoms with van der Waals surface area (Å²) in [6.45, 7) is 0.431. The molecule has 5 nitrogen and oxygen atoms in total. The summed E-state index contributed by atoms with van der Waals surface area (Å²) in [5.41, 5.74) is 1.44. The molecule has 0 saturated heterocycles. The highest BCUT2D eigenvalue weighted by atomic mass is 16.6. The van der Waals surface area contributed by atoms with Crippen molar-refractivity contribution in [3.8, 4) is 5.75 Å². The minimum absolute atomic E-state index is 0.183. The zero-order valence-corrected chi connectivity index (χ0v) is 9.67. The van der Waals surface area contributed by atoms with Crippen molar-refractivity contribution in [2.24, 2.45) is 5.90 Å². The van der Waals surface area contributed by atoms with E-state index in [0.29, 0.717) is 17.9 Å². The minimum atomic E-state index is -0.183. The Balaban J connectivity index is 1.99. The lowest BCUT2D eigenvalue weighted by Crippen LogP contribution is -2.22. The Morgan fingerprint density at radius 1 is 1.33 bits per heavy atom. The summed E-state index contributed by atoms with van der Waals surface area (Å²) in [5, 5.41) is 2.79. The van der Waals surface area contributed by atoms with Gasteiger partial charge in [0.1, 0.15) is 5.75 Å². The maximum Gasteiger partial charge on any atom is 0.251 e. The molecule has 5 heteroatoms. The fourth-order valence-corrected chi connectivity index (χ4v) is 1.50. The number of nitrogens with two attached hydrogens (primary N) is 1. The van der Waals surface area contributed by atoms with Gasteiger partial charge in [-0.2, -0.15) is 5.90 Å². The van der Waals surface area contributed by atoms with Gasteiger partial charge in [-0.05, 0) is 29.8 Å². The van der Waals surface area contributed by atoms with E-state index >= 15 is 0 Å². The highest BCUT2D eigenvalue weighted by Crippen LogP contribution is 2.11. The van der Waals surface area contributed by atoms with Gasteiger partial charge in [0.2, 0.25) is 0 Å². The van der Waals surface area contributed by atoms with Gasteiger partial charge in [0.05, 0.1) is 0 Å². The molecule has 0 saturated carbocycles. The van der Waals surface area contributed by atoms with E-state index in [2.05, 4.69) is 15.1 Å². The Labute approximate surface area is 105 Å². The van der Waals surface area contributed by atoms with Crippen LogP contribution in [0, 0.1) is 0 Å². The summed E-state index contributed by atoms with van der Waals surface area (Å²) in [6.07, 6.45) is 3.40. The molecule has 1 aromatic heterocycles. The van der Waals surface area contributed by atoms with Crippen molar-refractivity contribution in [1.82, 2.24) is 10.3 Å². The zero-order valence-electron chi connectivity index (χ0n) is 9.67. The normalized spacial score (nSPS) is 9.83. The van der Waals surface area contributed by atoms with E-state index in [-0.39, 0.29) is 5.91 Å². The largest absolute Gasteiger partial charge is 0.412 e. The lowest BCUT2D eigenvalue weighted by molar-refractivity contribution is 0.0950. The second kappa shape index (κ2) is 5.79. The number of hydrogen-bond acceptors (Lipinski definition) is 4. The van der Waals surface area contributed by atoms with E-state index < -0.39 is 0 Å². The van der Waals surface area contributed by atoms with E-state index in [1.807, 2.05) is 12.1 Å². The summed E-state index contributed by atoms with van der Waals surface area (Å²) >= 11 is 0. The van der Waals surface area contributed by atoms with E-state index in [4.69, 9.17) is 5.90 Å². The molecule has 92 valence electrons. The topological polar surface area (TPSA) is 77.2 Å². The van der Waals surface area contributed by atoms with Gasteiger partial charge in [0.15, 0.2) is 0 Å². The van der Waals surface area contributed by atoms with Crippen molar-refractivity contribution in [3.63, 3.8) is 0 Å². The van der Waals surface area contributed by atoms with Crippen LogP contribution in [0.4, 0.5) is 0 Å². The van der Waals surface area contributed by atoms with Gasteiger partial charge in [-0.15, -0.1) is 0 Å². The van der Waals surface area contributed by atoms with Gasteiger partial charge >= 0.3 is 0 Å². The number of carbonyl (C=O) groups is 1. The van der Waals surface area contributed by atoms with Crippen LogP contribution >= 0.6 is 0 Å². The monoisotopic (exact) mass is 243 g/mol. The van der Waals surface area contributed by atoms with Crippen LogP contribution in [0.3, 0.4) is 0 Å². The summed E-state index contributed by atoms with van der Waals surface area (Å²) in [6, 6.07) is 10.4. The number of hydrogen-bond donors (Lipinski definition) is 2. The summed E-state index contributed by atoms with van der Waals surface area (Å²) in [4.78, 5) is 20.4. The third-order valence-corrected chi connectivity index (χ3v) is 2.41. The third kappa shape index (κ3) is 3.05. The lowest BCUT2D eigenvalue weighted by atomic mass is 10.2. The SMILES string of the molecule is NOc1cccc(C(=O)NCc2cccnc2)c1. The minimum Gasteiger partial charge on any atom is -0.412 e. The van der Waals surface area contributed by atoms with E-state index in [1.54, 1.807) is 36.7 Å². The van der Waals surface area contributed by atoms with Gasteiger partial charge in [-0.3, -0.25) is 9.78 Å². The first-order valence-electron chi connectivity index (χ1n) is 5.43. The van der Waals surface area contributed by atoms with Crippen LogP contribution in [-0.4, -0.2) is 10.9 Å². The quantitative estimate of drug-likeness (QED) is 0.793. The van der Waals surface area contributed by atoms with Crippen LogP contribution in [-0.2, 0) is 6.54 Å². The molecule has 0 spiro atoms. The number of aromatic nitrogens is 1. The van der Waals surface area contributed by atoms with Crippen LogP contribution < -0.4 is 16.1 Å². The fourth-order valence-electron chi connectivity index (χ4n) is 1.50. The molecule has 0 aliphatic rings. The van der Waals surface area contributed by atoms with Crippen molar-refractivity contribution in [1.29, 1.82) is 0 Å². The Morgan fingerprint density at radius 2 is 2.22 bits per heavy atom. The molecule has 0 bridgehead atoms. The second-order valence-electron chi connectivity index (χ2n) is 3.69. The molecule has 1 heterocycles. The zero-order chi connectivity index (χ0) is 12.8. The van der Waals surface area contributed by atoms with Crippen LogP contribution in [0.2, 0.25) is 0 Å². The van der Waals surface area contributed by atoms with Gasteiger partial charge in [-0.1, -0.05) is 12.1 Å². The number of carbonyl (C=O) groups excluding carboxylic acids is 1. The molecule has 2 aromatic rings. The maximum atomic E-state index is 11.9. The Kier molecular flexibility index (Phi) is 3.88. The molecule has 3 N–H and O–H groups in total. The number of amides is 1. The van der Waals surface area contributed by atoms with Crippen molar-refractivity contribution < 1.29 is 9.63 Å². The van der Waals surface area contributed by atoms with Gasteiger partial charge in [-0.25, -0.2) is 0 Å². The van der Waals surface area contributed by atoms with E-state index in [0.717, 1.165) is 5.56 Å². The van der Waals surface area contributed by atoms with Crippen molar-refractivity contribution in [3.05, 3.63) is 59.9 Å². The molecule has 1 aromatic carbocycles. The predicted octanol–water partition coefficient (Wildman–Crippen LogP) is 1.26. The molecule has 0 unspecified atom stereocenters. The summed E-state index contributed by atoms with van der Waals surface area (Å²) in [5.74, 6) is 5.31. The molecule has 18 heavy (non-hydrogen) atoms. The molecular weight excluding hydrogens is 230 g/mol. The van der Waals surface area contributed by atoms with Gasteiger partial charge < -0.3 is 10.2 Å². The average molecular weight is 243 g/mol. The molecule has 0 radical (unpaired) electrons. The van der Waals surface area contributed by atoms with Gasteiger partial charge in [0, 0.05) is 24.5 Å². The number of rotatable bonds is 4. The Bertz CT molecular complexity index is 529. The highest BCUT2D eigenvalue weighted by molar-refractivity contribution is 5.94. The maximum absolute atomic E-state index is 11.9. The molecule has 0 aliphatic heterocycles. The van der Waals surface area contributed by atoms with Crippen molar-refractivity contribution in [2.45, 2.75) is 6.54 Å². The first-order chi connectivity index (χ1) is 8.79. The summed E-state index contributed by atoms with van der Waals surface area (Å²) < 4.78 is 0. The average Bonchev–Trinajstić information content (AvgIpc) is 2.46. The smallest absolute Gasteiger partial charge is 0.251 e. The van der Waals surface area contributed by atoms with Crippen LogP contribution in [0.5, 0.6) is 5.75 Å². The van der Waals surface area contributed by atoms with Crippen LogP contribution in [0.15, 0.2) is 48.8 Å². The molecule has 0 fully saturated rings.